The molecule has 0 spiro atoms. The molecule has 0 aliphatic carbocycles. The molecule has 0 radical (unpaired) electrons. The summed E-state index contributed by atoms with van der Waals surface area (Å²) in [7, 11) is 0. The summed E-state index contributed by atoms with van der Waals surface area (Å²) < 4.78 is 2.02. The highest BCUT2D eigenvalue weighted by Crippen LogP contribution is 2.24. The normalized spacial score (nSPS) is 11.2. The first-order valence-corrected chi connectivity index (χ1v) is 9.43. The van der Waals surface area contributed by atoms with Gasteiger partial charge in [-0.1, -0.05) is 19.1 Å². The van der Waals surface area contributed by atoms with Crippen LogP contribution in [0, 0.1) is 25.2 Å². The fourth-order valence-corrected chi connectivity index (χ4v) is 3.26. The predicted molar refractivity (Wildman–Crippen MR) is 115 cm³/mol. The SMILES string of the molecule is CCc1ccc(NC(=O)/C(C#N)=C\c2cc(C)n(-c3ccc(O)cc3)c2C)cc1. The number of hydrogen-bond acceptors (Lipinski definition) is 3. The Bertz CT molecular complexity index is 1100. The van der Waals surface area contributed by atoms with Crippen molar-refractivity contribution in [2.24, 2.45) is 0 Å². The van der Waals surface area contributed by atoms with E-state index in [1.165, 1.54) is 5.56 Å². The number of aromatic hydroxyl groups is 1. The number of nitriles is 1. The summed E-state index contributed by atoms with van der Waals surface area (Å²) in [5.74, 6) is -0.238. The maximum absolute atomic E-state index is 12.6. The second-order valence-corrected chi connectivity index (χ2v) is 6.85. The van der Waals surface area contributed by atoms with Crippen molar-refractivity contribution in [3.8, 4) is 17.5 Å². The van der Waals surface area contributed by atoms with E-state index in [9.17, 15) is 15.2 Å². The minimum atomic E-state index is -0.439. The highest BCUT2D eigenvalue weighted by Gasteiger charge is 2.14. The van der Waals surface area contributed by atoms with Crippen LogP contribution in [0.15, 0.2) is 60.2 Å². The Kier molecular flexibility index (Phi) is 5.85. The zero-order valence-electron chi connectivity index (χ0n) is 16.7. The maximum Gasteiger partial charge on any atom is 0.266 e. The van der Waals surface area contributed by atoms with Gasteiger partial charge >= 0.3 is 0 Å². The van der Waals surface area contributed by atoms with Crippen LogP contribution in [0.5, 0.6) is 5.75 Å². The molecule has 0 unspecified atom stereocenters. The van der Waals surface area contributed by atoms with Gasteiger partial charge in [0.05, 0.1) is 0 Å². The van der Waals surface area contributed by atoms with E-state index in [4.69, 9.17) is 0 Å². The number of nitrogens with zero attached hydrogens (tertiary/aromatic N) is 2. The van der Waals surface area contributed by atoms with Crippen molar-refractivity contribution in [3.05, 3.63) is 82.7 Å². The molecule has 0 atom stereocenters. The van der Waals surface area contributed by atoms with Crippen molar-refractivity contribution in [1.29, 1.82) is 5.26 Å². The third-order valence-electron chi connectivity index (χ3n) is 4.86. The molecule has 2 N–H and O–H groups in total. The number of phenolic OH excluding ortho intramolecular Hbond substituents is 1. The number of carbonyl (C=O) groups excluding carboxylic acids is 1. The number of benzene rings is 2. The van der Waals surface area contributed by atoms with Crippen LogP contribution in [0.2, 0.25) is 0 Å². The van der Waals surface area contributed by atoms with Crippen molar-refractivity contribution >= 4 is 17.7 Å². The highest BCUT2D eigenvalue weighted by atomic mass is 16.3. The van der Waals surface area contributed by atoms with Crippen LogP contribution in [0.25, 0.3) is 11.8 Å². The largest absolute Gasteiger partial charge is 0.508 e. The molecule has 1 amide bonds. The number of hydrogen-bond donors (Lipinski definition) is 2. The molecule has 0 bridgehead atoms. The number of carbonyl (C=O) groups is 1. The Balaban J connectivity index is 1.88. The molecular formula is C24H23N3O2. The minimum Gasteiger partial charge on any atom is -0.508 e. The monoisotopic (exact) mass is 385 g/mol. The number of amides is 1. The van der Waals surface area contributed by atoms with Crippen molar-refractivity contribution in [3.63, 3.8) is 0 Å². The quantitative estimate of drug-likeness (QED) is 0.484. The van der Waals surface area contributed by atoms with E-state index in [1.807, 2.05) is 66.9 Å². The molecule has 5 heteroatoms. The molecule has 3 rings (SSSR count). The first-order chi connectivity index (χ1) is 13.9. The standard InChI is InChI=1S/C24H23N3O2/c1-4-18-5-7-21(8-6-18)26-24(29)20(15-25)14-19-13-16(2)27(17(19)3)22-9-11-23(28)12-10-22/h5-14,28H,4H2,1-3H3,(H,26,29)/b20-14-. The molecule has 1 aromatic heterocycles. The van der Waals surface area contributed by atoms with Crippen LogP contribution in [-0.2, 0) is 11.2 Å². The number of aryl methyl sites for hydroxylation is 2. The predicted octanol–water partition coefficient (Wildman–Crippen LogP) is 4.91. The number of nitrogens with one attached hydrogen (secondary N) is 1. The van der Waals surface area contributed by atoms with E-state index >= 15 is 0 Å². The van der Waals surface area contributed by atoms with Gasteiger partial charge in [-0.2, -0.15) is 5.26 Å². The molecule has 2 aromatic carbocycles. The molecule has 0 fully saturated rings. The van der Waals surface area contributed by atoms with Gasteiger partial charge in [0.25, 0.3) is 5.91 Å². The zero-order valence-corrected chi connectivity index (χ0v) is 16.7. The zero-order chi connectivity index (χ0) is 21.0. The second kappa shape index (κ2) is 8.49. The average molecular weight is 385 g/mol. The Hall–Kier alpha value is -3.78. The van der Waals surface area contributed by atoms with Crippen LogP contribution in [-0.4, -0.2) is 15.6 Å². The first-order valence-electron chi connectivity index (χ1n) is 9.43. The lowest BCUT2D eigenvalue weighted by Gasteiger charge is -2.09. The number of phenols is 1. The summed E-state index contributed by atoms with van der Waals surface area (Å²) in [6, 6.07) is 18.4. The topological polar surface area (TPSA) is 78.0 Å². The van der Waals surface area contributed by atoms with Crippen LogP contribution in [0.3, 0.4) is 0 Å². The van der Waals surface area contributed by atoms with Crippen LogP contribution in [0.4, 0.5) is 5.69 Å². The Morgan fingerprint density at radius 3 is 2.38 bits per heavy atom. The van der Waals surface area contributed by atoms with E-state index in [0.29, 0.717) is 5.69 Å². The summed E-state index contributed by atoms with van der Waals surface area (Å²) in [5.41, 5.74) is 5.44. The number of rotatable bonds is 5. The molecule has 3 aromatic rings. The molecule has 0 aliphatic rings. The van der Waals surface area contributed by atoms with Crippen molar-refractivity contribution < 1.29 is 9.90 Å². The van der Waals surface area contributed by atoms with E-state index in [0.717, 1.165) is 29.1 Å². The summed E-state index contributed by atoms with van der Waals surface area (Å²) >= 11 is 0. The van der Waals surface area contributed by atoms with Gasteiger partial charge < -0.3 is 15.0 Å². The lowest BCUT2D eigenvalue weighted by atomic mass is 10.1. The fourth-order valence-electron chi connectivity index (χ4n) is 3.26. The molecule has 146 valence electrons. The molecule has 0 saturated heterocycles. The Labute approximate surface area is 170 Å². The first kappa shape index (κ1) is 20.0. The lowest BCUT2D eigenvalue weighted by Crippen LogP contribution is -2.13. The van der Waals surface area contributed by atoms with E-state index in [1.54, 1.807) is 18.2 Å². The molecular weight excluding hydrogens is 362 g/mol. The van der Waals surface area contributed by atoms with Crippen molar-refractivity contribution in [2.75, 3.05) is 5.32 Å². The van der Waals surface area contributed by atoms with Crippen molar-refractivity contribution in [2.45, 2.75) is 27.2 Å². The van der Waals surface area contributed by atoms with E-state index in [2.05, 4.69) is 12.2 Å². The van der Waals surface area contributed by atoms with Gasteiger partial charge in [-0.25, -0.2) is 0 Å². The molecule has 5 nitrogen and oxygen atoms in total. The van der Waals surface area contributed by atoms with Crippen LogP contribution < -0.4 is 5.32 Å². The van der Waals surface area contributed by atoms with Crippen molar-refractivity contribution in [1.82, 2.24) is 4.57 Å². The van der Waals surface area contributed by atoms with E-state index < -0.39 is 5.91 Å². The lowest BCUT2D eigenvalue weighted by molar-refractivity contribution is -0.112. The summed E-state index contributed by atoms with van der Waals surface area (Å²) in [6.07, 6.45) is 2.53. The molecule has 0 saturated carbocycles. The van der Waals surface area contributed by atoms with Gasteiger partial charge in [0, 0.05) is 22.8 Å². The smallest absolute Gasteiger partial charge is 0.266 e. The average Bonchev–Trinajstić information content (AvgIpc) is 3.00. The van der Waals surface area contributed by atoms with E-state index in [-0.39, 0.29) is 11.3 Å². The molecule has 1 heterocycles. The maximum atomic E-state index is 12.6. The second-order valence-electron chi connectivity index (χ2n) is 6.85. The minimum absolute atomic E-state index is 0.0375. The van der Waals surface area contributed by atoms with Crippen LogP contribution >= 0.6 is 0 Å². The highest BCUT2D eigenvalue weighted by molar-refractivity contribution is 6.09. The molecule has 29 heavy (non-hydrogen) atoms. The van der Waals surface area contributed by atoms with Gasteiger partial charge in [0.2, 0.25) is 0 Å². The summed E-state index contributed by atoms with van der Waals surface area (Å²) in [4.78, 5) is 12.6. The van der Waals surface area contributed by atoms with Gasteiger partial charge in [-0.15, -0.1) is 0 Å². The number of aromatic nitrogens is 1. The van der Waals surface area contributed by atoms with Crippen LogP contribution in [0.1, 0.15) is 29.4 Å². The summed E-state index contributed by atoms with van der Waals surface area (Å²) in [5, 5.41) is 21.8. The Morgan fingerprint density at radius 2 is 1.79 bits per heavy atom. The molecule has 0 aliphatic heterocycles. The van der Waals surface area contributed by atoms with Gasteiger partial charge in [-0.3, -0.25) is 4.79 Å². The number of anilines is 1. The van der Waals surface area contributed by atoms with Gasteiger partial charge in [0.1, 0.15) is 17.4 Å². The third kappa shape index (κ3) is 4.39. The van der Waals surface area contributed by atoms with Gasteiger partial charge in [0.15, 0.2) is 0 Å². The summed E-state index contributed by atoms with van der Waals surface area (Å²) in [6.45, 7) is 5.96. The third-order valence-corrected chi connectivity index (χ3v) is 4.86. The van der Waals surface area contributed by atoms with Gasteiger partial charge in [-0.05, 0) is 79.9 Å². The fraction of sp³-hybridized carbons (Fsp3) is 0.167. The Morgan fingerprint density at radius 1 is 1.14 bits per heavy atom.